The molecule has 0 fully saturated rings. The van der Waals surface area contributed by atoms with E-state index in [4.69, 9.17) is 0 Å². The molecule has 0 aliphatic rings. The highest BCUT2D eigenvalue weighted by molar-refractivity contribution is 9.09. The fraction of sp³-hybridized carbons (Fsp3) is 0.667. The summed E-state index contributed by atoms with van der Waals surface area (Å²) in [7, 11) is 0. The zero-order valence-corrected chi connectivity index (χ0v) is 10.0. The first kappa shape index (κ1) is 12.2. The maximum absolute atomic E-state index is 10.4. The Hall–Kier alpha value is -0.910. The fourth-order valence-electron chi connectivity index (χ4n) is 1.31. The Bertz CT molecular complexity index is 314. The van der Waals surface area contributed by atoms with Gasteiger partial charge in [0, 0.05) is 11.9 Å². The van der Waals surface area contributed by atoms with Gasteiger partial charge in [-0.05, 0) is 22.7 Å². The quantitative estimate of drug-likeness (QED) is 0.333. The summed E-state index contributed by atoms with van der Waals surface area (Å²) in [5, 5.41) is 11.4. The van der Waals surface area contributed by atoms with Crippen LogP contribution in [0.15, 0.2) is 12.5 Å². The van der Waals surface area contributed by atoms with E-state index in [-0.39, 0.29) is 5.82 Å². The number of aromatic nitrogens is 2. The molecule has 0 radical (unpaired) electrons. The molecule has 0 aliphatic carbocycles. The van der Waals surface area contributed by atoms with Crippen molar-refractivity contribution >= 4 is 21.7 Å². The predicted molar refractivity (Wildman–Crippen MR) is 61.1 cm³/mol. The zero-order chi connectivity index (χ0) is 11.1. The maximum atomic E-state index is 10.4. The van der Waals surface area contributed by atoms with Crippen molar-refractivity contribution in [1.82, 2.24) is 9.55 Å². The standard InChI is InChI=1S/C9H14BrN3O2/c10-5-3-1-2-4-6-12-7-9(11-8-12)13(14)15/h7-8H,1-6H2. The van der Waals surface area contributed by atoms with Crippen LogP contribution in [0.1, 0.15) is 25.7 Å². The second-order valence-corrected chi connectivity index (χ2v) is 4.12. The molecule has 1 rings (SSSR count). The Morgan fingerprint density at radius 2 is 2.13 bits per heavy atom. The number of imidazole rings is 1. The van der Waals surface area contributed by atoms with Gasteiger partial charge in [-0.2, -0.15) is 0 Å². The van der Waals surface area contributed by atoms with E-state index in [0.29, 0.717) is 0 Å². The number of rotatable bonds is 7. The summed E-state index contributed by atoms with van der Waals surface area (Å²) < 4.78 is 1.77. The Kier molecular flexibility index (Phi) is 5.31. The van der Waals surface area contributed by atoms with Gasteiger partial charge in [0.2, 0.25) is 6.33 Å². The molecule has 0 atom stereocenters. The molecule has 0 saturated carbocycles. The molecule has 6 heteroatoms. The molecule has 1 aromatic heterocycles. The van der Waals surface area contributed by atoms with Gasteiger partial charge in [0.15, 0.2) is 0 Å². The molecule has 0 saturated heterocycles. The summed E-state index contributed by atoms with van der Waals surface area (Å²) in [4.78, 5) is 13.6. The Morgan fingerprint density at radius 1 is 1.40 bits per heavy atom. The van der Waals surface area contributed by atoms with E-state index < -0.39 is 4.92 Å². The van der Waals surface area contributed by atoms with Crippen LogP contribution in [-0.4, -0.2) is 19.8 Å². The highest BCUT2D eigenvalue weighted by Gasteiger charge is 2.08. The van der Waals surface area contributed by atoms with Crippen molar-refractivity contribution in [2.45, 2.75) is 32.2 Å². The first-order chi connectivity index (χ1) is 7.24. The average molecular weight is 276 g/mol. The van der Waals surface area contributed by atoms with Crippen molar-refractivity contribution in [1.29, 1.82) is 0 Å². The van der Waals surface area contributed by atoms with E-state index in [1.807, 2.05) is 0 Å². The van der Waals surface area contributed by atoms with Crippen molar-refractivity contribution in [3.05, 3.63) is 22.6 Å². The van der Waals surface area contributed by atoms with E-state index in [2.05, 4.69) is 20.9 Å². The molecule has 0 aliphatic heterocycles. The summed E-state index contributed by atoms with van der Waals surface area (Å²) in [5.74, 6) is -0.0736. The van der Waals surface area contributed by atoms with Gasteiger partial charge in [-0.1, -0.05) is 28.8 Å². The van der Waals surface area contributed by atoms with Crippen LogP contribution < -0.4 is 0 Å². The third-order valence-electron chi connectivity index (χ3n) is 2.11. The zero-order valence-electron chi connectivity index (χ0n) is 8.43. The lowest BCUT2D eigenvalue weighted by molar-refractivity contribution is -0.389. The van der Waals surface area contributed by atoms with Gasteiger partial charge in [-0.25, -0.2) is 0 Å². The van der Waals surface area contributed by atoms with E-state index in [1.165, 1.54) is 25.4 Å². The molecule has 0 bridgehead atoms. The molecule has 0 amide bonds. The summed E-state index contributed by atoms with van der Waals surface area (Å²) in [5.41, 5.74) is 0. The van der Waals surface area contributed by atoms with Gasteiger partial charge >= 0.3 is 5.82 Å². The molecule has 0 N–H and O–H groups in total. The van der Waals surface area contributed by atoms with Gasteiger partial charge in [0.1, 0.15) is 6.20 Å². The maximum Gasteiger partial charge on any atom is 0.381 e. The minimum atomic E-state index is -0.471. The topological polar surface area (TPSA) is 61.0 Å². The van der Waals surface area contributed by atoms with Gasteiger partial charge in [-0.3, -0.25) is 0 Å². The largest absolute Gasteiger partial charge is 0.381 e. The second-order valence-electron chi connectivity index (χ2n) is 3.33. The highest BCUT2D eigenvalue weighted by atomic mass is 79.9. The van der Waals surface area contributed by atoms with Crippen LogP contribution in [0, 0.1) is 10.1 Å². The van der Waals surface area contributed by atoms with Crippen LogP contribution in [0.4, 0.5) is 5.82 Å². The van der Waals surface area contributed by atoms with Crippen molar-refractivity contribution in [3.63, 3.8) is 0 Å². The normalized spacial score (nSPS) is 10.5. The lowest BCUT2D eigenvalue weighted by Gasteiger charge is -1.99. The summed E-state index contributed by atoms with van der Waals surface area (Å²) in [6.45, 7) is 0.809. The van der Waals surface area contributed by atoms with Crippen LogP contribution in [0.2, 0.25) is 0 Å². The minimum Gasteiger partial charge on any atom is -0.358 e. The van der Waals surface area contributed by atoms with Crippen LogP contribution >= 0.6 is 15.9 Å². The average Bonchev–Trinajstić information content (AvgIpc) is 2.66. The van der Waals surface area contributed by atoms with Crippen molar-refractivity contribution in [2.75, 3.05) is 5.33 Å². The first-order valence-electron chi connectivity index (χ1n) is 4.96. The molecular formula is C9H14BrN3O2. The highest BCUT2D eigenvalue weighted by Crippen LogP contribution is 2.08. The number of hydrogen-bond donors (Lipinski definition) is 0. The molecule has 0 unspecified atom stereocenters. The van der Waals surface area contributed by atoms with Gasteiger partial charge < -0.3 is 14.7 Å². The lowest BCUT2D eigenvalue weighted by atomic mass is 10.2. The number of aryl methyl sites for hydroxylation is 1. The van der Waals surface area contributed by atoms with E-state index in [0.717, 1.165) is 24.7 Å². The summed E-state index contributed by atoms with van der Waals surface area (Å²) >= 11 is 3.38. The van der Waals surface area contributed by atoms with Crippen LogP contribution in [0.25, 0.3) is 0 Å². The number of halogens is 1. The Balaban J connectivity index is 2.23. The lowest BCUT2D eigenvalue weighted by Crippen LogP contribution is -1.94. The minimum absolute atomic E-state index is 0.0736. The number of unbranched alkanes of at least 4 members (excludes halogenated alkanes) is 3. The van der Waals surface area contributed by atoms with E-state index in [9.17, 15) is 10.1 Å². The second kappa shape index (κ2) is 6.55. The molecular weight excluding hydrogens is 262 g/mol. The monoisotopic (exact) mass is 275 g/mol. The Morgan fingerprint density at radius 3 is 2.73 bits per heavy atom. The Labute approximate surface area is 96.8 Å². The molecule has 0 spiro atoms. The molecule has 1 heterocycles. The molecule has 0 aromatic carbocycles. The van der Waals surface area contributed by atoms with Crippen molar-refractivity contribution in [3.8, 4) is 0 Å². The van der Waals surface area contributed by atoms with Crippen LogP contribution in [0.5, 0.6) is 0 Å². The molecule has 84 valence electrons. The van der Waals surface area contributed by atoms with E-state index >= 15 is 0 Å². The predicted octanol–water partition coefficient (Wildman–Crippen LogP) is 2.75. The summed E-state index contributed by atoms with van der Waals surface area (Å²) in [6.07, 6.45) is 7.57. The fourth-order valence-corrected chi connectivity index (χ4v) is 1.70. The van der Waals surface area contributed by atoms with Gasteiger partial charge in [0.05, 0.1) is 0 Å². The first-order valence-corrected chi connectivity index (χ1v) is 6.08. The number of nitro groups is 1. The van der Waals surface area contributed by atoms with Crippen molar-refractivity contribution in [2.24, 2.45) is 0 Å². The molecule has 15 heavy (non-hydrogen) atoms. The smallest absolute Gasteiger partial charge is 0.358 e. The van der Waals surface area contributed by atoms with Crippen molar-refractivity contribution < 1.29 is 4.92 Å². The third kappa shape index (κ3) is 4.42. The SMILES string of the molecule is O=[N+]([O-])c1cn(CCCCCCBr)cn1. The van der Waals surface area contributed by atoms with Crippen LogP contribution in [-0.2, 0) is 6.54 Å². The van der Waals surface area contributed by atoms with Crippen LogP contribution in [0.3, 0.4) is 0 Å². The third-order valence-corrected chi connectivity index (χ3v) is 2.67. The van der Waals surface area contributed by atoms with Gasteiger partial charge in [0.25, 0.3) is 0 Å². The summed E-state index contributed by atoms with van der Waals surface area (Å²) in [6, 6.07) is 0. The van der Waals surface area contributed by atoms with Gasteiger partial charge in [-0.15, -0.1) is 0 Å². The number of alkyl halides is 1. The molecule has 1 aromatic rings. The van der Waals surface area contributed by atoms with E-state index in [1.54, 1.807) is 4.57 Å². The molecule has 5 nitrogen and oxygen atoms in total. The number of nitrogens with zero attached hydrogens (tertiary/aromatic N) is 3. The number of hydrogen-bond acceptors (Lipinski definition) is 3.